The number of fused-ring (bicyclic) bond motifs is 1. The maximum Gasteiger partial charge on any atom is 0.199 e. The molecule has 0 aliphatic rings. The second-order valence-corrected chi connectivity index (χ2v) is 6.29. The van der Waals surface area contributed by atoms with E-state index in [4.69, 9.17) is 16.0 Å². The van der Waals surface area contributed by atoms with E-state index in [1.807, 2.05) is 24.3 Å². The van der Waals surface area contributed by atoms with Gasteiger partial charge in [-0.1, -0.05) is 24.3 Å². The van der Waals surface area contributed by atoms with Gasteiger partial charge in [-0.25, -0.2) is 0 Å². The second-order valence-electron chi connectivity index (χ2n) is 4.92. The van der Waals surface area contributed by atoms with Gasteiger partial charge in [-0.3, -0.25) is 0 Å². The molecule has 0 aliphatic carbocycles. The highest BCUT2D eigenvalue weighted by atomic mass is 35.5. The largest absolute Gasteiger partial charge is 0.444 e. The molecule has 3 rings (SSSR count). The summed E-state index contributed by atoms with van der Waals surface area (Å²) >= 11 is 7.98. The van der Waals surface area contributed by atoms with Gasteiger partial charge < -0.3 is 9.73 Å². The number of thiophene rings is 1. The summed E-state index contributed by atoms with van der Waals surface area (Å²) < 4.78 is 5.56. The summed E-state index contributed by atoms with van der Waals surface area (Å²) in [5.74, 6) is 0. The molecule has 4 heteroatoms. The Morgan fingerprint density at radius 1 is 1.25 bits per heavy atom. The van der Waals surface area contributed by atoms with Crippen LogP contribution in [0.2, 0.25) is 5.22 Å². The molecule has 1 aromatic carbocycles. The molecule has 20 heavy (non-hydrogen) atoms. The predicted molar refractivity (Wildman–Crippen MR) is 85.5 cm³/mol. The Hall–Kier alpha value is -1.29. The summed E-state index contributed by atoms with van der Waals surface area (Å²) in [5.41, 5.74) is 1.89. The zero-order valence-electron chi connectivity index (χ0n) is 11.2. The van der Waals surface area contributed by atoms with E-state index >= 15 is 0 Å². The molecule has 3 aromatic rings. The standard InChI is InChI=1S/C16H16ClNOS/c1-11(9-12-5-4-8-20-12)18-10-14-13-6-2-3-7-15(13)19-16(14)17/h2-8,11,18H,9-10H2,1H3. The van der Waals surface area contributed by atoms with Gasteiger partial charge in [0.25, 0.3) is 0 Å². The van der Waals surface area contributed by atoms with Crippen LogP contribution in [0.15, 0.2) is 46.2 Å². The van der Waals surface area contributed by atoms with Gasteiger partial charge in [-0.05, 0) is 42.5 Å². The van der Waals surface area contributed by atoms with Crippen molar-refractivity contribution in [1.82, 2.24) is 5.32 Å². The Labute approximate surface area is 127 Å². The summed E-state index contributed by atoms with van der Waals surface area (Å²) in [6.45, 7) is 2.91. The SMILES string of the molecule is CC(Cc1cccs1)NCc1c(Cl)oc2ccccc12. The Kier molecular flexibility index (Phi) is 4.10. The van der Waals surface area contributed by atoms with E-state index in [2.05, 4.69) is 29.8 Å². The molecule has 0 bridgehead atoms. The van der Waals surface area contributed by atoms with Gasteiger partial charge in [0.05, 0.1) is 0 Å². The number of hydrogen-bond acceptors (Lipinski definition) is 3. The summed E-state index contributed by atoms with van der Waals surface area (Å²) in [7, 11) is 0. The molecule has 2 aromatic heterocycles. The van der Waals surface area contributed by atoms with Crippen LogP contribution in [0.3, 0.4) is 0 Å². The van der Waals surface area contributed by atoms with Crippen LogP contribution in [0.25, 0.3) is 11.0 Å². The molecule has 1 unspecified atom stereocenters. The lowest BCUT2D eigenvalue weighted by molar-refractivity contribution is 0.542. The zero-order chi connectivity index (χ0) is 13.9. The smallest absolute Gasteiger partial charge is 0.199 e. The fraction of sp³-hybridized carbons (Fsp3) is 0.250. The van der Waals surface area contributed by atoms with Gasteiger partial charge in [0, 0.05) is 28.4 Å². The molecule has 0 radical (unpaired) electrons. The van der Waals surface area contributed by atoms with Gasteiger partial charge in [0.2, 0.25) is 0 Å². The molecule has 2 heterocycles. The first-order valence-electron chi connectivity index (χ1n) is 6.65. The number of hydrogen-bond donors (Lipinski definition) is 1. The van der Waals surface area contributed by atoms with Crippen LogP contribution >= 0.6 is 22.9 Å². The molecule has 0 saturated heterocycles. The lowest BCUT2D eigenvalue weighted by Gasteiger charge is -2.12. The van der Waals surface area contributed by atoms with Crippen molar-refractivity contribution in [3.05, 3.63) is 57.4 Å². The van der Waals surface area contributed by atoms with Crippen LogP contribution in [-0.4, -0.2) is 6.04 Å². The number of nitrogens with one attached hydrogen (secondary N) is 1. The minimum Gasteiger partial charge on any atom is -0.444 e. The number of para-hydroxylation sites is 1. The molecule has 0 saturated carbocycles. The Bertz CT molecular complexity index is 690. The molecule has 1 N–H and O–H groups in total. The van der Waals surface area contributed by atoms with E-state index in [0.29, 0.717) is 11.3 Å². The minimum absolute atomic E-state index is 0.401. The van der Waals surface area contributed by atoms with Crippen molar-refractivity contribution in [1.29, 1.82) is 0 Å². The third kappa shape index (κ3) is 2.90. The van der Waals surface area contributed by atoms with Gasteiger partial charge in [0.15, 0.2) is 5.22 Å². The number of halogens is 1. The highest BCUT2D eigenvalue weighted by molar-refractivity contribution is 7.09. The van der Waals surface area contributed by atoms with Crippen molar-refractivity contribution in [3.8, 4) is 0 Å². The molecule has 0 amide bonds. The van der Waals surface area contributed by atoms with Crippen molar-refractivity contribution in [3.63, 3.8) is 0 Å². The molecule has 104 valence electrons. The maximum absolute atomic E-state index is 6.19. The van der Waals surface area contributed by atoms with Crippen LogP contribution < -0.4 is 5.32 Å². The minimum atomic E-state index is 0.401. The summed E-state index contributed by atoms with van der Waals surface area (Å²) in [6, 6.07) is 12.6. The summed E-state index contributed by atoms with van der Waals surface area (Å²) in [6.07, 6.45) is 1.03. The molecule has 0 fully saturated rings. The van der Waals surface area contributed by atoms with Crippen LogP contribution in [0.4, 0.5) is 0 Å². The highest BCUT2D eigenvalue weighted by Crippen LogP contribution is 2.29. The second kappa shape index (κ2) is 6.00. The molecule has 0 spiro atoms. The van der Waals surface area contributed by atoms with Crippen LogP contribution in [0, 0.1) is 0 Å². The van der Waals surface area contributed by atoms with Gasteiger partial charge in [0.1, 0.15) is 5.58 Å². The monoisotopic (exact) mass is 305 g/mol. The topological polar surface area (TPSA) is 25.2 Å². The van der Waals surface area contributed by atoms with E-state index in [1.165, 1.54) is 4.88 Å². The fourth-order valence-electron chi connectivity index (χ4n) is 2.31. The molecular weight excluding hydrogens is 290 g/mol. The van der Waals surface area contributed by atoms with E-state index < -0.39 is 0 Å². The molecule has 2 nitrogen and oxygen atoms in total. The fourth-order valence-corrected chi connectivity index (χ4v) is 3.40. The Morgan fingerprint density at radius 2 is 2.10 bits per heavy atom. The van der Waals surface area contributed by atoms with Crippen molar-refractivity contribution in [2.75, 3.05) is 0 Å². The van der Waals surface area contributed by atoms with Crippen LogP contribution in [-0.2, 0) is 13.0 Å². The van der Waals surface area contributed by atoms with Crippen molar-refractivity contribution < 1.29 is 4.42 Å². The van der Waals surface area contributed by atoms with Crippen LogP contribution in [0.1, 0.15) is 17.4 Å². The van der Waals surface area contributed by atoms with E-state index in [0.717, 1.165) is 29.5 Å². The van der Waals surface area contributed by atoms with E-state index in [1.54, 1.807) is 11.3 Å². The first kappa shape index (κ1) is 13.7. The van der Waals surface area contributed by atoms with E-state index in [9.17, 15) is 0 Å². The average Bonchev–Trinajstić information content (AvgIpc) is 3.03. The van der Waals surface area contributed by atoms with Gasteiger partial charge >= 0.3 is 0 Å². The third-order valence-electron chi connectivity index (χ3n) is 3.36. The van der Waals surface area contributed by atoms with Crippen molar-refractivity contribution >= 4 is 33.9 Å². The number of benzene rings is 1. The quantitative estimate of drug-likeness (QED) is 0.727. The Morgan fingerprint density at radius 3 is 2.90 bits per heavy atom. The van der Waals surface area contributed by atoms with Gasteiger partial charge in [-0.15, -0.1) is 11.3 Å². The molecular formula is C16H16ClNOS. The number of furan rings is 1. The average molecular weight is 306 g/mol. The maximum atomic E-state index is 6.19. The molecule has 1 atom stereocenters. The summed E-state index contributed by atoms with van der Waals surface area (Å²) in [5, 5.41) is 7.21. The third-order valence-corrected chi connectivity index (χ3v) is 4.57. The highest BCUT2D eigenvalue weighted by Gasteiger charge is 2.13. The normalized spacial score (nSPS) is 12.9. The van der Waals surface area contributed by atoms with Gasteiger partial charge in [-0.2, -0.15) is 0 Å². The van der Waals surface area contributed by atoms with E-state index in [-0.39, 0.29) is 0 Å². The van der Waals surface area contributed by atoms with Crippen molar-refractivity contribution in [2.24, 2.45) is 0 Å². The molecule has 0 aliphatic heterocycles. The lowest BCUT2D eigenvalue weighted by atomic mass is 10.1. The van der Waals surface area contributed by atoms with Crippen LogP contribution in [0.5, 0.6) is 0 Å². The number of rotatable bonds is 5. The Balaban J connectivity index is 1.69. The first-order chi connectivity index (χ1) is 9.74. The predicted octanol–water partition coefficient (Wildman–Crippen LogP) is 4.87. The first-order valence-corrected chi connectivity index (χ1v) is 7.91. The zero-order valence-corrected chi connectivity index (χ0v) is 12.8. The summed E-state index contributed by atoms with van der Waals surface area (Å²) in [4.78, 5) is 1.40. The van der Waals surface area contributed by atoms with Crippen molar-refractivity contribution in [2.45, 2.75) is 25.9 Å². The lowest BCUT2D eigenvalue weighted by Crippen LogP contribution is -2.27.